The lowest BCUT2D eigenvalue weighted by Gasteiger charge is -2.11. The summed E-state index contributed by atoms with van der Waals surface area (Å²) in [5.74, 6) is 0.716. The summed E-state index contributed by atoms with van der Waals surface area (Å²) in [7, 11) is 0. The van der Waals surface area contributed by atoms with E-state index < -0.39 is 0 Å². The van der Waals surface area contributed by atoms with Gasteiger partial charge < -0.3 is 0 Å². The molecule has 0 radical (unpaired) electrons. The van der Waals surface area contributed by atoms with Crippen molar-refractivity contribution in [3.8, 4) is 55.6 Å². The fourth-order valence-electron chi connectivity index (χ4n) is 6.15. The maximum absolute atomic E-state index is 5.26. The zero-order chi connectivity index (χ0) is 30.5. The minimum absolute atomic E-state index is 0.716. The monoisotopic (exact) mass is 623 g/mol. The van der Waals surface area contributed by atoms with E-state index in [1.54, 1.807) is 11.3 Å². The van der Waals surface area contributed by atoms with Gasteiger partial charge in [-0.1, -0.05) is 121 Å². The van der Waals surface area contributed by atoms with E-state index in [1.165, 1.54) is 36.0 Å². The number of thiophene rings is 1. The van der Waals surface area contributed by atoms with Gasteiger partial charge in [0.2, 0.25) is 0 Å². The summed E-state index contributed by atoms with van der Waals surface area (Å²) in [5.41, 5.74) is 9.48. The molecule has 6 aromatic carbocycles. The highest BCUT2D eigenvalue weighted by molar-refractivity contribution is 7.26. The molecule has 0 bridgehead atoms. The lowest BCUT2D eigenvalue weighted by atomic mass is 10.00. The van der Waals surface area contributed by atoms with Gasteiger partial charge in [-0.05, 0) is 41.5 Å². The number of para-hydroxylation sites is 1. The number of fused-ring (bicyclic) bond motifs is 4. The first kappa shape index (κ1) is 26.9. The molecule has 0 amide bonds. The van der Waals surface area contributed by atoms with Gasteiger partial charge in [-0.3, -0.25) is 0 Å². The molecule has 0 N–H and O–H groups in total. The summed E-state index contributed by atoms with van der Waals surface area (Å²) in [4.78, 5) is 15.5. The first-order valence-corrected chi connectivity index (χ1v) is 16.8. The van der Waals surface area contributed by atoms with Crippen molar-refractivity contribution < 1.29 is 0 Å². The zero-order valence-electron chi connectivity index (χ0n) is 24.6. The van der Waals surface area contributed by atoms with Crippen molar-refractivity contribution in [2.24, 2.45) is 0 Å². The van der Waals surface area contributed by atoms with Crippen LogP contribution in [0.25, 0.3) is 86.0 Å². The number of thiazole rings is 1. The number of benzene rings is 6. The van der Waals surface area contributed by atoms with Crippen LogP contribution >= 0.6 is 22.7 Å². The third-order valence-electron chi connectivity index (χ3n) is 8.37. The van der Waals surface area contributed by atoms with Gasteiger partial charge in [-0.15, -0.1) is 22.7 Å². The predicted molar refractivity (Wildman–Crippen MR) is 195 cm³/mol. The summed E-state index contributed by atoms with van der Waals surface area (Å²) in [6.45, 7) is 0. The predicted octanol–water partition coefficient (Wildman–Crippen LogP) is 11.8. The van der Waals surface area contributed by atoms with Crippen molar-refractivity contribution in [3.63, 3.8) is 0 Å². The van der Waals surface area contributed by atoms with E-state index in [2.05, 4.69) is 133 Å². The molecule has 0 unspecified atom stereocenters. The Bertz CT molecular complexity index is 2480. The second kappa shape index (κ2) is 11.1. The number of aromatic nitrogens is 3. The Morgan fingerprint density at radius 2 is 0.891 bits per heavy atom. The van der Waals surface area contributed by atoms with Crippen LogP contribution in [0.5, 0.6) is 0 Å². The lowest BCUT2D eigenvalue weighted by Crippen LogP contribution is -1.96. The minimum atomic E-state index is 0.716. The lowest BCUT2D eigenvalue weighted by molar-refractivity contribution is 1.19. The Morgan fingerprint density at radius 3 is 1.59 bits per heavy atom. The van der Waals surface area contributed by atoms with Gasteiger partial charge in [0.25, 0.3) is 0 Å². The molecule has 0 aliphatic rings. The second-order valence-corrected chi connectivity index (χ2v) is 13.3. The quantitative estimate of drug-likeness (QED) is 0.191. The highest BCUT2D eigenvalue weighted by atomic mass is 32.1. The van der Waals surface area contributed by atoms with Crippen molar-refractivity contribution in [2.75, 3.05) is 0 Å². The maximum atomic E-state index is 5.26. The van der Waals surface area contributed by atoms with Crippen LogP contribution in [0, 0.1) is 0 Å². The summed E-state index contributed by atoms with van der Waals surface area (Å²) in [6, 6.07) is 53.0. The smallest absolute Gasteiger partial charge is 0.161 e. The van der Waals surface area contributed by atoms with E-state index in [-0.39, 0.29) is 0 Å². The number of hydrogen-bond donors (Lipinski definition) is 0. The average Bonchev–Trinajstić information content (AvgIpc) is 3.74. The molecule has 9 rings (SSSR count). The average molecular weight is 624 g/mol. The Labute approximate surface area is 274 Å². The van der Waals surface area contributed by atoms with E-state index in [0.29, 0.717) is 5.82 Å². The van der Waals surface area contributed by atoms with E-state index in [4.69, 9.17) is 15.0 Å². The first-order chi connectivity index (χ1) is 22.8. The van der Waals surface area contributed by atoms with Crippen LogP contribution in [-0.4, -0.2) is 15.0 Å². The SMILES string of the molecule is c1ccc(-c2ccc(-c3cc(-c4ccccc4)nc(-c4cccc5sc6cccc(-c7nc8ccccc8s7)c6c45)n3)cc2)cc1. The minimum Gasteiger partial charge on any atom is -0.236 e. The van der Waals surface area contributed by atoms with Gasteiger partial charge in [0.05, 0.1) is 21.6 Å². The molecule has 0 aliphatic heterocycles. The molecule has 0 saturated carbocycles. The van der Waals surface area contributed by atoms with Gasteiger partial charge in [0.15, 0.2) is 5.82 Å². The number of rotatable bonds is 5. The standard InChI is InChI=1S/C41H25N3S2/c1-3-11-26(12-4-1)27-21-23-29(24-22-27)34-25-33(28-13-5-2-6-14-28)42-40(43-34)30-15-9-19-36-38(30)39-31(16-10-20-37(39)45-36)41-44-32-17-7-8-18-35(32)46-41/h1-25H. The normalized spacial score (nSPS) is 11.5. The molecule has 0 aliphatic carbocycles. The second-order valence-electron chi connectivity index (χ2n) is 11.2. The van der Waals surface area contributed by atoms with Gasteiger partial charge in [-0.2, -0.15) is 0 Å². The van der Waals surface area contributed by atoms with E-state index in [0.717, 1.165) is 44.2 Å². The molecule has 0 fully saturated rings. The third-order valence-corrected chi connectivity index (χ3v) is 10.6. The highest BCUT2D eigenvalue weighted by Crippen LogP contribution is 2.45. The largest absolute Gasteiger partial charge is 0.236 e. The Morgan fingerprint density at radius 1 is 0.370 bits per heavy atom. The molecule has 0 atom stereocenters. The van der Waals surface area contributed by atoms with Gasteiger partial charge in [0.1, 0.15) is 5.01 Å². The van der Waals surface area contributed by atoms with Crippen molar-refractivity contribution >= 4 is 53.1 Å². The molecule has 0 saturated heterocycles. The molecule has 9 aromatic rings. The zero-order valence-corrected chi connectivity index (χ0v) is 26.2. The van der Waals surface area contributed by atoms with Crippen LogP contribution < -0.4 is 0 Å². The Kier molecular flexibility index (Phi) is 6.51. The molecule has 3 heterocycles. The van der Waals surface area contributed by atoms with Gasteiger partial charge >= 0.3 is 0 Å². The van der Waals surface area contributed by atoms with Crippen molar-refractivity contribution in [2.45, 2.75) is 0 Å². The van der Waals surface area contributed by atoms with Crippen LogP contribution in [0.4, 0.5) is 0 Å². The Balaban J connectivity index is 1.26. The van der Waals surface area contributed by atoms with E-state index in [1.807, 2.05) is 29.5 Å². The molecule has 3 nitrogen and oxygen atoms in total. The highest BCUT2D eigenvalue weighted by Gasteiger charge is 2.19. The van der Waals surface area contributed by atoms with Gasteiger partial charge in [-0.25, -0.2) is 15.0 Å². The van der Waals surface area contributed by atoms with Crippen molar-refractivity contribution in [3.05, 3.63) is 152 Å². The fourth-order valence-corrected chi connectivity index (χ4v) is 8.31. The summed E-state index contributed by atoms with van der Waals surface area (Å²) in [5, 5.41) is 3.41. The molecule has 216 valence electrons. The van der Waals surface area contributed by atoms with Crippen LogP contribution in [0.15, 0.2) is 152 Å². The third kappa shape index (κ3) is 4.69. The maximum Gasteiger partial charge on any atom is 0.161 e. The summed E-state index contributed by atoms with van der Waals surface area (Å²) in [6.07, 6.45) is 0. The van der Waals surface area contributed by atoms with Crippen LogP contribution in [0.1, 0.15) is 0 Å². The topological polar surface area (TPSA) is 38.7 Å². The molecule has 0 spiro atoms. The van der Waals surface area contributed by atoms with Crippen LogP contribution in [0.2, 0.25) is 0 Å². The summed E-state index contributed by atoms with van der Waals surface area (Å²) < 4.78 is 3.63. The van der Waals surface area contributed by atoms with Crippen LogP contribution in [-0.2, 0) is 0 Å². The Hall–Kier alpha value is -5.49. The van der Waals surface area contributed by atoms with E-state index in [9.17, 15) is 0 Å². The molecular weight excluding hydrogens is 599 g/mol. The van der Waals surface area contributed by atoms with Crippen molar-refractivity contribution in [1.29, 1.82) is 0 Å². The first-order valence-electron chi connectivity index (χ1n) is 15.2. The number of hydrogen-bond acceptors (Lipinski definition) is 5. The molecule has 5 heteroatoms. The molecular formula is C41H25N3S2. The fraction of sp³-hybridized carbons (Fsp3) is 0. The van der Waals surface area contributed by atoms with E-state index >= 15 is 0 Å². The number of nitrogens with zero attached hydrogens (tertiary/aromatic N) is 3. The van der Waals surface area contributed by atoms with Crippen LogP contribution in [0.3, 0.4) is 0 Å². The summed E-state index contributed by atoms with van der Waals surface area (Å²) >= 11 is 3.55. The molecule has 46 heavy (non-hydrogen) atoms. The van der Waals surface area contributed by atoms with Gasteiger partial charge in [0, 0.05) is 42.4 Å². The molecule has 3 aromatic heterocycles. The van der Waals surface area contributed by atoms with Crippen molar-refractivity contribution in [1.82, 2.24) is 15.0 Å².